The number of nitriles is 1. The van der Waals surface area contributed by atoms with Crippen LogP contribution in [0.4, 0.5) is 0 Å². The zero-order valence-electron chi connectivity index (χ0n) is 6.74. The van der Waals surface area contributed by atoms with Gasteiger partial charge in [-0.1, -0.05) is 0 Å². The largest absolute Gasteiger partial charge is 0.494 e. The van der Waals surface area contributed by atoms with Crippen LogP contribution in [0, 0.1) is 11.3 Å². The Morgan fingerprint density at radius 1 is 1.69 bits per heavy atom. The van der Waals surface area contributed by atoms with E-state index in [-0.39, 0.29) is 16.9 Å². The van der Waals surface area contributed by atoms with Gasteiger partial charge in [-0.15, -0.1) is 0 Å². The number of rotatable bonds is 2. The van der Waals surface area contributed by atoms with E-state index in [4.69, 9.17) is 21.6 Å². The van der Waals surface area contributed by atoms with E-state index in [0.717, 1.165) is 0 Å². The topological polar surface area (TPSA) is 63.0 Å². The molecule has 1 aromatic rings. The fraction of sp³-hybridized carbons (Fsp3) is 0.125. The number of ether oxygens (including phenoxy) is 1. The summed E-state index contributed by atoms with van der Waals surface area (Å²) in [6.07, 6.45) is 2.58. The van der Waals surface area contributed by atoms with Crippen LogP contribution in [0.1, 0.15) is 15.9 Å². The molecule has 0 aliphatic heterocycles. The summed E-state index contributed by atoms with van der Waals surface area (Å²) in [4.78, 5) is 14.5. The first-order valence-electron chi connectivity index (χ1n) is 3.32. The molecule has 0 saturated heterocycles. The molecule has 0 atom stereocenters. The molecule has 0 N–H and O–H groups in total. The summed E-state index contributed by atoms with van der Waals surface area (Å²) in [7, 11) is 1.39. The fourth-order valence-corrected chi connectivity index (χ4v) is 1.00. The normalized spacial score (nSPS) is 9.00. The van der Waals surface area contributed by atoms with E-state index in [9.17, 15) is 4.79 Å². The van der Waals surface area contributed by atoms with Crippen LogP contribution in [0.5, 0.6) is 5.75 Å². The molecule has 0 aromatic carbocycles. The minimum atomic E-state index is -0.719. The minimum absolute atomic E-state index is 0.0588. The molecule has 1 rings (SSSR count). The van der Waals surface area contributed by atoms with E-state index >= 15 is 0 Å². The summed E-state index contributed by atoms with van der Waals surface area (Å²) in [5.74, 6) is 0.244. The van der Waals surface area contributed by atoms with Crippen molar-refractivity contribution >= 4 is 16.8 Å². The number of carbonyl (C=O) groups is 1. The second-order valence-corrected chi connectivity index (χ2v) is 2.49. The summed E-state index contributed by atoms with van der Waals surface area (Å²) < 4.78 is 4.83. The van der Waals surface area contributed by atoms with Gasteiger partial charge in [-0.3, -0.25) is 9.78 Å². The average Bonchev–Trinajstić information content (AvgIpc) is 2.16. The van der Waals surface area contributed by atoms with E-state index in [1.807, 2.05) is 6.07 Å². The summed E-state index contributed by atoms with van der Waals surface area (Å²) in [5, 5.41) is 7.99. The van der Waals surface area contributed by atoms with Gasteiger partial charge >= 0.3 is 0 Å². The molecular weight excluding hydrogens is 192 g/mol. The molecule has 0 aliphatic carbocycles. The van der Waals surface area contributed by atoms with Gasteiger partial charge in [0.1, 0.15) is 11.6 Å². The van der Waals surface area contributed by atoms with Crippen molar-refractivity contribution in [2.24, 2.45) is 0 Å². The average molecular weight is 197 g/mol. The first-order valence-corrected chi connectivity index (χ1v) is 3.70. The van der Waals surface area contributed by atoms with Crippen LogP contribution < -0.4 is 4.74 Å². The Bertz CT molecular complexity index is 384. The van der Waals surface area contributed by atoms with Crippen LogP contribution in [-0.4, -0.2) is 17.3 Å². The Labute approximate surface area is 79.7 Å². The summed E-state index contributed by atoms with van der Waals surface area (Å²) in [6, 6.07) is 1.83. The van der Waals surface area contributed by atoms with Crippen molar-refractivity contribution in [1.82, 2.24) is 4.98 Å². The molecule has 5 heteroatoms. The van der Waals surface area contributed by atoms with Crippen LogP contribution in [0.25, 0.3) is 0 Å². The second-order valence-electron chi connectivity index (χ2n) is 2.15. The van der Waals surface area contributed by atoms with Crippen molar-refractivity contribution in [3.63, 3.8) is 0 Å². The van der Waals surface area contributed by atoms with Gasteiger partial charge in [-0.2, -0.15) is 5.26 Å². The van der Waals surface area contributed by atoms with Crippen LogP contribution in [-0.2, 0) is 0 Å². The molecule has 0 spiro atoms. The number of aromatic nitrogens is 1. The highest BCUT2D eigenvalue weighted by molar-refractivity contribution is 6.68. The molecule has 66 valence electrons. The zero-order valence-corrected chi connectivity index (χ0v) is 7.50. The van der Waals surface area contributed by atoms with E-state index in [2.05, 4.69) is 4.98 Å². The SMILES string of the molecule is COc1cncc(C(=O)Cl)c1C#N. The maximum absolute atomic E-state index is 10.8. The van der Waals surface area contributed by atoms with Gasteiger partial charge in [0, 0.05) is 6.20 Å². The number of nitrogens with zero attached hydrogens (tertiary/aromatic N) is 2. The van der Waals surface area contributed by atoms with Crippen molar-refractivity contribution in [2.45, 2.75) is 0 Å². The van der Waals surface area contributed by atoms with Crippen LogP contribution >= 0.6 is 11.6 Å². The molecule has 0 aliphatic rings. The lowest BCUT2D eigenvalue weighted by Gasteiger charge is -2.03. The molecule has 1 aromatic heterocycles. The molecule has 4 nitrogen and oxygen atoms in total. The zero-order chi connectivity index (χ0) is 9.84. The molecule has 0 saturated carbocycles. The lowest BCUT2D eigenvalue weighted by molar-refractivity contribution is 0.108. The molecule has 0 radical (unpaired) electrons. The Hall–Kier alpha value is -1.60. The number of methoxy groups -OCH3 is 1. The molecule has 0 fully saturated rings. The highest BCUT2D eigenvalue weighted by Crippen LogP contribution is 2.20. The number of pyridine rings is 1. The van der Waals surface area contributed by atoms with Crippen molar-refractivity contribution in [1.29, 1.82) is 5.26 Å². The van der Waals surface area contributed by atoms with Crippen LogP contribution in [0.15, 0.2) is 12.4 Å². The van der Waals surface area contributed by atoms with E-state index in [1.165, 1.54) is 19.5 Å². The van der Waals surface area contributed by atoms with Gasteiger partial charge in [-0.25, -0.2) is 0 Å². The van der Waals surface area contributed by atoms with E-state index < -0.39 is 5.24 Å². The second kappa shape index (κ2) is 3.87. The standard InChI is InChI=1S/C8H5ClN2O2/c1-13-7-4-11-3-6(8(9)12)5(7)2-10/h3-4H,1H3. The number of carbonyl (C=O) groups excluding carboxylic acids is 1. The molecule has 0 bridgehead atoms. The fourth-order valence-electron chi connectivity index (χ4n) is 0.860. The van der Waals surface area contributed by atoms with E-state index in [1.54, 1.807) is 0 Å². The third-order valence-electron chi connectivity index (χ3n) is 1.45. The number of halogens is 1. The first kappa shape index (κ1) is 9.49. The third-order valence-corrected chi connectivity index (χ3v) is 1.66. The highest BCUT2D eigenvalue weighted by atomic mass is 35.5. The molecule has 0 unspecified atom stereocenters. The van der Waals surface area contributed by atoms with E-state index in [0.29, 0.717) is 0 Å². The monoisotopic (exact) mass is 196 g/mol. The van der Waals surface area contributed by atoms with Gasteiger partial charge in [-0.05, 0) is 11.6 Å². The molecular formula is C8H5ClN2O2. The van der Waals surface area contributed by atoms with Gasteiger partial charge in [0.15, 0.2) is 5.75 Å². The molecule has 0 amide bonds. The summed E-state index contributed by atoms with van der Waals surface area (Å²) >= 11 is 5.23. The predicted octanol–water partition coefficient (Wildman–Crippen LogP) is 1.34. The summed E-state index contributed by atoms with van der Waals surface area (Å²) in [5.41, 5.74) is 0.168. The lowest BCUT2D eigenvalue weighted by atomic mass is 10.1. The smallest absolute Gasteiger partial charge is 0.255 e. The Kier molecular flexibility index (Phi) is 2.83. The minimum Gasteiger partial charge on any atom is -0.494 e. The quantitative estimate of drug-likeness (QED) is 0.670. The van der Waals surface area contributed by atoms with Crippen molar-refractivity contribution in [2.75, 3.05) is 7.11 Å². The Morgan fingerprint density at radius 2 is 2.38 bits per heavy atom. The summed E-state index contributed by atoms with van der Waals surface area (Å²) in [6.45, 7) is 0. The van der Waals surface area contributed by atoms with Crippen molar-refractivity contribution < 1.29 is 9.53 Å². The highest BCUT2D eigenvalue weighted by Gasteiger charge is 2.13. The third kappa shape index (κ3) is 1.76. The van der Waals surface area contributed by atoms with Gasteiger partial charge in [0.05, 0.1) is 18.9 Å². The van der Waals surface area contributed by atoms with Gasteiger partial charge < -0.3 is 4.74 Å². The maximum Gasteiger partial charge on any atom is 0.255 e. The van der Waals surface area contributed by atoms with Crippen molar-refractivity contribution in [3.8, 4) is 11.8 Å². The predicted molar refractivity (Wildman–Crippen MR) is 45.7 cm³/mol. The number of hydrogen-bond acceptors (Lipinski definition) is 4. The molecule has 1 heterocycles. The Morgan fingerprint density at radius 3 is 2.85 bits per heavy atom. The van der Waals surface area contributed by atoms with Crippen molar-refractivity contribution in [3.05, 3.63) is 23.5 Å². The lowest BCUT2D eigenvalue weighted by Crippen LogP contribution is -1.98. The van der Waals surface area contributed by atoms with Crippen LogP contribution in [0.2, 0.25) is 0 Å². The first-order chi connectivity index (χ1) is 6.20. The Balaban J connectivity index is 3.38. The molecule has 13 heavy (non-hydrogen) atoms. The maximum atomic E-state index is 10.8. The number of hydrogen-bond donors (Lipinski definition) is 0. The van der Waals surface area contributed by atoms with Crippen LogP contribution in [0.3, 0.4) is 0 Å². The van der Waals surface area contributed by atoms with Gasteiger partial charge in [0.2, 0.25) is 0 Å². The van der Waals surface area contributed by atoms with Gasteiger partial charge in [0.25, 0.3) is 5.24 Å².